The number of likely N-dealkylation sites (N-methyl/N-ethyl adjacent to an activating group) is 1. The summed E-state index contributed by atoms with van der Waals surface area (Å²) >= 11 is 0. The molecule has 0 spiro atoms. The predicted octanol–water partition coefficient (Wildman–Crippen LogP) is 3.61. The normalized spacial score (nSPS) is 18.8. The summed E-state index contributed by atoms with van der Waals surface area (Å²) in [6, 6.07) is 0.287. The van der Waals surface area contributed by atoms with E-state index in [-0.39, 0.29) is 11.6 Å². The van der Waals surface area contributed by atoms with Gasteiger partial charge in [-0.2, -0.15) is 0 Å². The largest absolute Gasteiger partial charge is 0.296 e. The van der Waals surface area contributed by atoms with Gasteiger partial charge in [-0.15, -0.1) is 0 Å². The average Bonchev–Trinajstić information content (AvgIpc) is 2.76. The van der Waals surface area contributed by atoms with Crippen molar-refractivity contribution >= 4 is 0 Å². The van der Waals surface area contributed by atoms with Gasteiger partial charge in [-0.05, 0) is 51.6 Å². The second-order valence-corrected chi connectivity index (χ2v) is 5.96. The zero-order valence-corrected chi connectivity index (χ0v) is 14.0. The Kier molecular flexibility index (Phi) is 7.78. The summed E-state index contributed by atoms with van der Waals surface area (Å²) < 4.78 is 0. The van der Waals surface area contributed by atoms with Crippen LogP contribution in [-0.4, -0.2) is 29.6 Å². The third-order valence-electron chi connectivity index (χ3n) is 5.27. The minimum Gasteiger partial charge on any atom is -0.296 e. The van der Waals surface area contributed by atoms with Gasteiger partial charge in [-0.25, -0.2) is 0 Å². The molecule has 0 aromatic heterocycles. The van der Waals surface area contributed by atoms with Crippen LogP contribution in [0.2, 0.25) is 0 Å². The van der Waals surface area contributed by atoms with Crippen LogP contribution in [0.1, 0.15) is 72.6 Å². The van der Waals surface area contributed by atoms with Gasteiger partial charge in [0, 0.05) is 5.54 Å². The molecular formula is C17H35N3. The molecule has 0 aromatic rings. The first-order valence-electron chi connectivity index (χ1n) is 8.60. The van der Waals surface area contributed by atoms with Crippen molar-refractivity contribution in [2.24, 2.45) is 5.84 Å². The van der Waals surface area contributed by atoms with Crippen molar-refractivity contribution in [1.82, 2.24) is 10.3 Å². The summed E-state index contributed by atoms with van der Waals surface area (Å²) in [6.07, 6.45) is 11.2. The van der Waals surface area contributed by atoms with E-state index in [0.717, 1.165) is 25.9 Å². The smallest absolute Gasteiger partial charge is 0.0603 e. The Morgan fingerprint density at radius 1 is 1.15 bits per heavy atom. The Morgan fingerprint density at radius 2 is 1.80 bits per heavy atom. The van der Waals surface area contributed by atoms with Crippen LogP contribution in [0.5, 0.6) is 0 Å². The van der Waals surface area contributed by atoms with E-state index in [1.807, 2.05) is 0 Å². The molecule has 0 aromatic carbocycles. The molecule has 1 rings (SSSR count). The predicted molar refractivity (Wildman–Crippen MR) is 88.5 cm³/mol. The van der Waals surface area contributed by atoms with Crippen LogP contribution in [0, 0.1) is 0 Å². The Labute approximate surface area is 126 Å². The third kappa shape index (κ3) is 3.63. The lowest BCUT2D eigenvalue weighted by molar-refractivity contribution is 0.0601. The van der Waals surface area contributed by atoms with Crippen molar-refractivity contribution < 1.29 is 0 Å². The minimum atomic E-state index is 0.147. The van der Waals surface area contributed by atoms with Crippen LogP contribution < -0.4 is 11.3 Å². The van der Waals surface area contributed by atoms with Gasteiger partial charge >= 0.3 is 0 Å². The first-order valence-corrected chi connectivity index (χ1v) is 8.60. The van der Waals surface area contributed by atoms with E-state index < -0.39 is 0 Å². The number of allylic oxidation sites excluding steroid dienone is 1. The molecule has 1 unspecified atom stereocenters. The molecule has 0 saturated heterocycles. The molecule has 3 N–H and O–H groups in total. The highest BCUT2D eigenvalue weighted by Gasteiger charge is 2.41. The van der Waals surface area contributed by atoms with E-state index in [1.54, 1.807) is 5.57 Å². The molecule has 0 radical (unpaired) electrons. The summed E-state index contributed by atoms with van der Waals surface area (Å²) in [4.78, 5) is 2.60. The molecule has 1 atom stereocenters. The Balaban J connectivity index is 3.10. The minimum absolute atomic E-state index is 0.147. The second kappa shape index (κ2) is 8.81. The van der Waals surface area contributed by atoms with Crippen molar-refractivity contribution in [3.8, 4) is 0 Å². The maximum absolute atomic E-state index is 6.02. The molecule has 0 amide bonds. The van der Waals surface area contributed by atoms with Crippen molar-refractivity contribution in [2.45, 2.75) is 84.2 Å². The van der Waals surface area contributed by atoms with Crippen LogP contribution >= 0.6 is 0 Å². The number of hydrogen-bond donors (Lipinski definition) is 2. The van der Waals surface area contributed by atoms with Crippen molar-refractivity contribution in [1.29, 1.82) is 0 Å². The van der Waals surface area contributed by atoms with Crippen molar-refractivity contribution in [3.05, 3.63) is 11.6 Å². The number of nitrogens with one attached hydrogen (secondary N) is 1. The number of nitrogens with two attached hydrogens (primary N) is 1. The van der Waals surface area contributed by atoms with Crippen LogP contribution in [-0.2, 0) is 0 Å². The van der Waals surface area contributed by atoms with Crippen LogP contribution in [0.4, 0.5) is 0 Å². The molecule has 0 saturated carbocycles. The standard InChI is InChI=1S/C17H35N3/c1-5-17(6-2,20(7-3)8-4)16(19-18)15-13-11-9-10-12-14-15/h13,16,19H,5-12,14,18H2,1-4H3. The molecule has 1 aliphatic rings. The van der Waals surface area contributed by atoms with Crippen molar-refractivity contribution in [2.75, 3.05) is 13.1 Å². The zero-order valence-electron chi connectivity index (χ0n) is 14.0. The Bertz CT molecular complexity index is 291. The highest BCUT2D eigenvalue weighted by molar-refractivity contribution is 5.20. The van der Waals surface area contributed by atoms with Gasteiger partial charge < -0.3 is 0 Å². The number of rotatable bonds is 8. The first-order chi connectivity index (χ1) is 9.69. The number of hydrazine groups is 1. The molecule has 3 nitrogen and oxygen atoms in total. The summed E-state index contributed by atoms with van der Waals surface area (Å²) in [5.41, 5.74) is 4.87. The summed E-state index contributed by atoms with van der Waals surface area (Å²) in [5, 5.41) is 0. The first kappa shape index (κ1) is 17.7. The fourth-order valence-corrected chi connectivity index (χ4v) is 4.05. The van der Waals surface area contributed by atoms with Gasteiger partial charge in [0.2, 0.25) is 0 Å². The maximum Gasteiger partial charge on any atom is 0.0603 e. The van der Waals surface area contributed by atoms with Gasteiger partial charge in [0.05, 0.1) is 6.04 Å². The van der Waals surface area contributed by atoms with E-state index in [4.69, 9.17) is 5.84 Å². The summed E-state index contributed by atoms with van der Waals surface area (Å²) in [7, 11) is 0. The Morgan fingerprint density at radius 3 is 2.30 bits per heavy atom. The molecule has 1 aliphatic carbocycles. The van der Waals surface area contributed by atoms with Crippen LogP contribution in [0.15, 0.2) is 11.6 Å². The van der Waals surface area contributed by atoms with Gasteiger partial charge in [-0.3, -0.25) is 16.2 Å². The molecule has 0 fully saturated rings. The topological polar surface area (TPSA) is 41.3 Å². The summed E-state index contributed by atoms with van der Waals surface area (Å²) in [6.45, 7) is 11.3. The van der Waals surface area contributed by atoms with Crippen LogP contribution in [0.3, 0.4) is 0 Å². The summed E-state index contributed by atoms with van der Waals surface area (Å²) in [5.74, 6) is 6.02. The van der Waals surface area contributed by atoms with E-state index in [9.17, 15) is 0 Å². The highest BCUT2D eigenvalue weighted by atomic mass is 15.3. The average molecular weight is 281 g/mol. The zero-order chi connectivity index (χ0) is 15.0. The third-order valence-corrected chi connectivity index (χ3v) is 5.27. The molecule has 3 heteroatoms. The van der Waals surface area contributed by atoms with Gasteiger partial charge in [0.25, 0.3) is 0 Å². The lowest BCUT2D eigenvalue weighted by Gasteiger charge is -2.48. The maximum atomic E-state index is 6.02. The van der Waals surface area contributed by atoms with E-state index >= 15 is 0 Å². The van der Waals surface area contributed by atoms with Gasteiger partial charge in [0.15, 0.2) is 0 Å². The number of nitrogens with zero attached hydrogens (tertiary/aromatic N) is 1. The lowest BCUT2D eigenvalue weighted by atomic mass is 9.78. The Hall–Kier alpha value is -0.380. The number of hydrogen-bond acceptors (Lipinski definition) is 3. The molecule has 0 heterocycles. The van der Waals surface area contributed by atoms with E-state index in [0.29, 0.717) is 0 Å². The monoisotopic (exact) mass is 281 g/mol. The fourth-order valence-electron chi connectivity index (χ4n) is 4.05. The van der Waals surface area contributed by atoms with E-state index in [2.05, 4.69) is 44.1 Å². The highest BCUT2D eigenvalue weighted by Crippen LogP contribution is 2.34. The molecule has 0 bridgehead atoms. The molecule has 20 heavy (non-hydrogen) atoms. The SMILES string of the molecule is CCN(CC)C(CC)(CC)C(NN)C1=CCCCCC1. The molecular weight excluding hydrogens is 246 g/mol. The van der Waals surface area contributed by atoms with E-state index in [1.165, 1.54) is 32.1 Å². The quantitative estimate of drug-likeness (QED) is 0.406. The fraction of sp³-hybridized carbons (Fsp3) is 0.882. The second-order valence-electron chi connectivity index (χ2n) is 5.96. The van der Waals surface area contributed by atoms with Gasteiger partial charge in [-0.1, -0.05) is 45.8 Å². The lowest BCUT2D eigenvalue weighted by Crippen LogP contribution is -2.63. The van der Waals surface area contributed by atoms with Crippen LogP contribution in [0.25, 0.3) is 0 Å². The molecule has 0 aliphatic heterocycles. The molecule has 118 valence electrons. The van der Waals surface area contributed by atoms with Gasteiger partial charge in [0.1, 0.15) is 0 Å². The van der Waals surface area contributed by atoms with Crippen molar-refractivity contribution in [3.63, 3.8) is 0 Å².